The quantitative estimate of drug-likeness (QED) is 0.185. The van der Waals surface area contributed by atoms with Crippen LogP contribution >= 0.6 is 0 Å². The Labute approximate surface area is 188 Å². The summed E-state index contributed by atoms with van der Waals surface area (Å²) in [4.78, 5) is 50.6. The van der Waals surface area contributed by atoms with Crippen molar-refractivity contribution in [3.63, 3.8) is 0 Å². The Kier molecular flexibility index (Phi) is 7.57. The number of allylic oxidation sites excluding steroid dienone is 5. The van der Waals surface area contributed by atoms with Gasteiger partial charge in [0.15, 0.2) is 17.1 Å². The van der Waals surface area contributed by atoms with Crippen molar-refractivity contribution in [1.82, 2.24) is 0 Å². The molecule has 2 aliphatic rings. The summed E-state index contributed by atoms with van der Waals surface area (Å²) >= 11 is 0. The van der Waals surface area contributed by atoms with E-state index in [1.165, 1.54) is 6.92 Å². The predicted octanol–water partition coefficient (Wildman–Crippen LogP) is 3.85. The van der Waals surface area contributed by atoms with E-state index in [1.54, 1.807) is 33.8 Å². The second-order valence-electron chi connectivity index (χ2n) is 8.37. The summed E-state index contributed by atoms with van der Waals surface area (Å²) in [5.41, 5.74) is 0.341. The van der Waals surface area contributed by atoms with Gasteiger partial charge in [0, 0.05) is 23.1 Å². The van der Waals surface area contributed by atoms with E-state index in [2.05, 4.69) is 6.58 Å². The third-order valence-corrected chi connectivity index (χ3v) is 5.66. The highest BCUT2D eigenvalue weighted by atomic mass is 16.7. The van der Waals surface area contributed by atoms with Crippen molar-refractivity contribution in [1.29, 1.82) is 0 Å². The highest BCUT2D eigenvalue weighted by Crippen LogP contribution is 2.38. The Morgan fingerprint density at radius 3 is 2.38 bits per heavy atom. The van der Waals surface area contributed by atoms with Gasteiger partial charge >= 0.3 is 11.9 Å². The molecule has 7 heteroatoms. The van der Waals surface area contributed by atoms with Gasteiger partial charge in [0.25, 0.3) is 0 Å². The number of carbonyl (C=O) groups excluding carboxylic acids is 4. The Hall–Kier alpha value is -3.06. The molecule has 32 heavy (non-hydrogen) atoms. The fourth-order valence-electron chi connectivity index (χ4n) is 2.93. The van der Waals surface area contributed by atoms with Crippen molar-refractivity contribution in [2.75, 3.05) is 0 Å². The summed E-state index contributed by atoms with van der Waals surface area (Å²) in [5.74, 6) is -2.82. The molecule has 0 bridgehead atoms. The maximum atomic E-state index is 13.2. The molecule has 1 fully saturated rings. The van der Waals surface area contributed by atoms with Crippen LogP contribution in [0.1, 0.15) is 54.9 Å². The highest BCUT2D eigenvalue weighted by Gasteiger charge is 2.58. The van der Waals surface area contributed by atoms with E-state index in [1.807, 2.05) is 19.9 Å². The summed E-state index contributed by atoms with van der Waals surface area (Å²) in [7, 11) is 0. The summed E-state index contributed by atoms with van der Waals surface area (Å²) in [5, 5.41) is 0. The van der Waals surface area contributed by atoms with Gasteiger partial charge in [-0.1, -0.05) is 24.3 Å². The lowest BCUT2D eigenvalue weighted by molar-refractivity contribution is -0.147. The molecule has 1 aliphatic carbocycles. The monoisotopic (exact) mass is 442 g/mol. The van der Waals surface area contributed by atoms with Crippen molar-refractivity contribution >= 4 is 23.5 Å². The Morgan fingerprint density at radius 1 is 1.28 bits per heavy atom. The van der Waals surface area contributed by atoms with E-state index in [4.69, 9.17) is 14.2 Å². The lowest BCUT2D eigenvalue weighted by Gasteiger charge is -2.24. The molecule has 1 saturated heterocycles. The van der Waals surface area contributed by atoms with Crippen LogP contribution in [0.25, 0.3) is 0 Å². The van der Waals surface area contributed by atoms with Gasteiger partial charge < -0.3 is 14.2 Å². The number of Topliss-reactive ketones (excluding diaryl/α,β-unsaturated/α-hetero) is 1. The number of esters is 2. The van der Waals surface area contributed by atoms with E-state index in [9.17, 15) is 19.2 Å². The van der Waals surface area contributed by atoms with E-state index in [0.29, 0.717) is 5.57 Å². The largest absolute Gasteiger partial charge is 0.454 e. The Bertz CT molecular complexity index is 1000. The molecule has 7 nitrogen and oxygen atoms in total. The number of hydrogen-bond donors (Lipinski definition) is 0. The van der Waals surface area contributed by atoms with Crippen molar-refractivity contribution in [2.24, 2.45) is 0 Å². The van der Waals surface area contributed by atoms with Gasteiger partial charge in [0.05, 0.1) is 6.10 Å². The molecule has 0 amide bonds. The minimum atomic E-state index is -1.15. The van der Waals surface area contributed by atoms with E-state index in [-0.39, 0.29) is 35.0 Å². The number of ketones is 2. The molecule has 2 rings (SSSR count). The summed E-state index contributed by atoms with van der Waals surface area (Å²) < 4.78 is 16.1. The topological polar surface area (TPSA) is 99.3 Å². The molecule has 172 valence electrons. The van der Waals surface area contributed by atoms with Crippen LogP contribution in [0, 0.1) is 0 Å². The lowest BCUT2D eigenvalue weighted by atomic mass is 9.88. The Morgan fingerprint density at radius 2 is 1.88 bits per heavy atom. The maximum absolute atomic E-state index is 13.2. The molecular weight excluding hydrogens is 412 g/mol. The zero-order valence-electron chi connectivity index (χ0n) is 19.7. The highest BCUT2D eigenvalue weighted by molar-refractivity contribution is 6.24. The van der Waals surface area contributed by atoms with Crippen molar-refractivity contribution in [2.45, 2.75) is 72.7 Å². The number of hydrogen-bond acceptors (Lipinski definition) is 7. The number of epoxide rings is 1. The molecule has 0 radical (unpaired) electrons. The van der Waals surface area contributed by atoms with Crippen molar-refractivity contribution in [3.8, 4) is 0 Å². The minimum Gasteiger partial charge on any atom is -0.454 e. The van der Waals surface area contributed by atoms with Crippen LogP contribution in [-0.2, 0) is 33.4 Å². The SMILES string of the molecule is C=C(C1=CC(=O)C(C)=C(OC(=O)C2(C)OC2C)C1=O)C(CC=C(C)C)OC(=O)/C(C)=C/C. The molecule has 1 heterocycles. The average molecular weight is 443 g/mol. The van der Waals surface area contributed by atoms with Gasteiger partial charge in [-0.25, -0.2) is 9.59 Å². The second-order valence-corrected chi connectivity index (χ2v) is 8.37. The van der Waals surface area contributed by atoms with E-state index < -0.39 is 35.2 Å². The molecule has 0 saturated carbocycles. The van der Waals surface area contributed by atoms with Gasteiger partial charge in [-0.05, 0) is 60.1 Å². The second kappa shape index (κ2) is 9.61. The van der Waals surface area contributed by atoms with Crippen LogP contribution in [0.4, 0.5) is 0 Å². The first-order valence-electron chi connectivity index (χ1n) is 10.4. The minimum absolute atomic E-state index is 0.0133. The third kappa shape index (κ3) is 5.22. The first-order valence-corrected chi connectivity index (χ1v) is 10.4. The molecule has 0 aromatic carbocycles. The molecular formula is C25H30O7. The van der Waals surface area contributed by atoms with E-state index in [0.717, 1.165) is 11.6 Å². The maximum Gasteiger partial charge on any atom is 0.346 e. The average Bonchev–Trinajstić information content (AvgIpc) is 3.36. The first kappa shape index (κ1) is 25.2. The molecule has 0 N–H and O–H groups in total. The molecule has 0 aromatic rings. The lowest BCUT2D eigenvalue weighted by Crippen LogP contribution is -2.31. The van der Waals surface area contributed by atoms with Gasteiger partial charge in [-0.2, -0.15) is 0 Å². The molecule has 0 aromatic heterocycles. The van der Waals surface area contributed by atoms with Crippen LogP contribution in [-0.4, -0.2) is 41.3 Å². The first-order chi connectivity index (χ1) is 14.8. The number of carbonyl (C=O) groups is 4. The fraction of sp³-hybridized carbons (Fsp3) is 0.440. The number of ether oxygens (including phenoxy) is 3. The molecule has 3 unspecified atom stereocenters. The summed E-state index contributed by atoms with van der Waals surface area (Å²) in [6.07, 6.45) is 3.64. The van der Waals surface area contributed by atoms with Crippen LogP contribution < -0.4 is 0 Å². The van der Waals surface area contributed by atoms with Gasteiger partial charge in [0.1, 0.15) is 6.10 Å². The fourth-order valence-corrected chi connectivity index (χ4v) is 2.93. The zero-order valence-corrected chi connectivity index (χ0v) is 19.7. The number of rotatable bonds is 8. The summed E-state index contributed by atoms with van der Waals surface area (Å²) in [6, 6.07) is 0. The third-order valence-electron chi connectivity index (χ3n) is 5.66. The van der Waals surface area contributed by atoms with Gasteiger partial charge in [-0.15, -0.1) is 0 Å². The van der Waals surface area contributed by atoms with Gasteiger partial charge in [0.2, 0.25) is 5.78 Å². The normalized spacial score (nSPS) is 23.9. The molecule has 0 spiro atoms. The molecule has 1 aliphatic heterocycles. The van der Waals surface area contributed by atoms with Crippen molar-refractivity contribution < 1.29 is 33.4 Å². The van der Waals surface area contributed by atoms with E-state index >= 15 is 0 Å². The van der Waals surface area contributed by atoms with Crippen molar-refractivity contribution in [3.05, 3.63) is 58.4 Å². The smallest absolute Gasteiger partial charge is 0.346 e. The zero-order chi connectivity index (χ0) is 24.4. The van der Waals surface area contributed by atoms with Crippen LogP contribution in [0.3, 0.4) is 0 Å². The predicted molar refractivity (Wildman–Crippen MR) is 118 cm³/mol. The van der Waals surface area contributed by atoms with Crippen LogP contribution in [0.2, 0.25) is 0 Å². The Balaban J connectivity index is 2.33. The summed E-state index contributed by atoms with van der Waals surface area (Å²) in [6.45, 7) is 15.7. The standard InChI is InChI=1S/C25H30O7/c1-9-14(4)23(28)30-20(11-10-13(2)3)15(5)18-12-19(26)16(6)22(21(18)27)31-24(29)25(8)17(7)32-25/h9-10,12,17,20H,5,11H2,1-4,6-8H3/b14-9+. The van der Waals surface area contributed by atoms with Crippen LogP contribution in [0.5, 0.6) is 0 Å². The van der Waals surface area contributed by atoms with Gasteiger partial charge in [-0.3, -0.25) is 9.59 Å². The van der Waals surface area contributed by atoms with Crippen LogP contribution in [0.15, 0.2) is 58.4 Å². The molecule has 3 atom stereocenters.